The van der Waals surface area contributed by atoms with Crippen molar-refractivity contribution >= 4 is 46.2 Å². The number of ether oxygens (including phenoxy) is 1. The van der Waals surface area contributed by atoms with Crippen molar-refractivity contribution in [3.63, 3.8) is 0 Å². The molecule has 0 spiro atoms. The molecule has 0 atom stereocenters. The topological polar surface area (TPSA) is 104 Å². The van der Waals surface area contributed by atoms with Gasteiger partial charge in [0.2, 0.25) is 5.91 Å². The number of hydrogen-bond donors (Lipinski definition) is 1. The maximum atomic E-state index is 13.2. The number of esters is 1. The van der Waals surface area contributed by atoms with Crippen LogP contribution < -0.4 is 4.90 Å². The van der Waals surface area contributed by atoms with E-state index in [1.807, 2.05) is 69.3 Å². The Morgan fingerprint density at radius 1 is 1.03 bits per heavy atom. The molecule has 1 saturated heterocycles. The zero-order chi connectivity index (χ0) is 27.9. The van der Waals surface area contributed by atoms with Crippen molar-refractivity contribution in [1.82, 2.24) is 9.88 Å². The third-order valence-electron chi connectivity index (χ3n) is 6.99. The molecule has 2 aliphatic rings. The van der Waals surface area contributed by atoms with Gasteiger partial charge in [0.05, 0.1) is 34.2 Å². The molecule has 2 aliphatic heterocycles. The van der Waals surface area contributed by atoms with Gasteiger partial charge in [-0.1, -0.05) is 24.3 Å². The molecule has 5 rings (SSSR count). The molecule has 0 aliphatic carbocycles. The lowest BCUT2D eigenvalue weighted by molar-refractivity contribution is -0.161. The van der Waals surface area contributed by atoms with Crippen LogP contribution in [0.2, 0.25) is 0 Å². The van der Waals surface area contributed by atoms with Gasteiger partial charge in [0.15, 0.2) is 0 Å². The van der Waals surface area contributed by atoms with Gasteiger partial charge >= 0.3 is 5.97 Å². The van der Waals surface area contributed by atoms with E-state index in [0.717, 1.165) is 5.39 Å². The number of para-hydroxylation sites is 1. The van der Waals surface area contributed by atoms with Crippen molar-refractivity contribution < 1.29 is 19.1 Å². The summed E-state index contributed by atoms with van der Waals surface area (Å²) in [6.45, 7) is 8.07. The molecule has 8 nitrogen and oxygen atoms in total. The van der Waals surface area contributed by atoms with Crippen molar-refractivity contribution in [3.05, 3.63) is 77.1 Å². The number of carbonyl (C=O) groups excluding carboxylic acids is 3. The molecule has 3 heterocycles. The Labute approximate surface area is 227 Å². The van der Waals surface area contributed by atoms with Gasteiger partial charge < -0.3 is 9.64 Å². The van der Waals surface area contributed by atoms with Gasteiger partial charge in [-0.15, -0.1) is 0 Å². The Hall–Kier alpha value is -4.33. The van der Waals surface area contributed by atoms with E-state index in [9.17, 15) is 14.4 Å². The number of nitrogens with one attached hydrogen (secondary N) is 1. The Balaban J connectivity index is 1.32. The maximum absolute atomic E-state index is 13.2. The van der Waals surface area contributed by atoms with Gasteiger partial charge in [0, 0.05) is 36.5 Å². The fourth-order valence-corrected chi connectivity index (χ4v) is 5.12. The second-order valence-corrected chi connectivity index (χ2v) is 11.0. The standard InChI is InChI=1S/C31H32N4O4/c1-19(36)35-26-8-6-5-7-24(26)28(32)27(35)18-23-11-9-21-17-22(10-12-25(21)33-23)29(37)34-15-13-20(14-16-34)30(38)39-31(2,3)4/h5-12,17-18,20,32H,13-16H2,1-4H3/b27-18-,32-28?. The number of aromatic nitrogens is 1. The second-order valence-electron chi connectivity index (χ2n) is 11.0. The summed E-state index contributed by atoms with van der Waals surface area (Å²) in [7, 11) is 0. The van der Waals surface area contributed by atoms with Gasteiger partial charge in [-0.05, 0) is 70.0 Å². The summed E-state index contributed by atoms with van der Waals surface area (Å²) < 4.78 is 5.51. The fraction of sp³-hybridized carbons (Fsp3) is 0.323. The van der Waals surface area contributed by atoms with Crippen molar-refractivity contribution in [3.8, 4) is 0 Å². The Bertz CT molecular complexity index is 1530. The summed E-state index contributed by atoms with van der Waals surface area (Å²) in [6, 6.07) is 16.5. The number of pyridine rings is 1. The third kappa shape index (κ3) is 5.32. The first kappa shape index (κ1) is 26.3. The zero-order valence-corrected chi connectivity index (χ0v) is 22.7. The summed E-state index contributed by atoms with van der Waals surface area (Å²) in [6.07, 6.45) is 2.92. The number of carbonyl (C=O) groups is 3. The van der Waals surface area contributed by atoms with Gasteiger partial charge in [-0.2, -0.15) is 0 Å². The van der Waals surface area contributed by atoms with E-state index in [2.05, 4.69) is 0 Å². The number of rotatable bonds is 3. The minimum atomic E-state index is -0.518. The van der Waals surface area contributed by atoms with Crippen molar-refractivity contribution in [2.75, 3.05) is 18.0 Å². The Morgan fingerprint density at radius 3 is 2.44 bits per heavy atom. The second kappa shape index (κ2) is 10.1. The number of piperidine rings is 1. The Morgan fingerprint density at radius 2 is 1.74 bits per heavy atom. The fourth-order valence-electron chi connectivity index (χ4n) is 5.12. The smallest absolute Gasteiger partial charge is 0.309 e. The summed E-state index contributed by atoms with van der Waals surface area (Å²) in [5, 5.41) is 9.43. The van der Waals surface area contributed by atoms with Crippen LogP contribution in [0.15, 0.2) is 60.3 Å². The van der Waals surface area contributed by atoms with Crippen LogP contribution in [0, 0.1) is 11.3 Å². The van der Waals surface area contributed by atoms with E-state index in [1.165, 1.54) is 11.8 Å². The number of nitrogens with zero attached hydrogens (tertiary/aromatic N) is 3. The molecule has 8 heteroatoms. The largest absolute Gasteiger partial charge is 0.460 e. The van der Waals surface area contributed by atoms with E-state index in [1.54, 1.807) is 17.0 Å². The van der Waals surface area contributed by atoms with Crippen molar-refractivity contribution in [1.29, 1.82) is 5.41 Å². The average molecular weight is 525 g/mol. The van der Waals surface area contributed by atoms with E-state index in [0.29, 0.717) is 59.7 Å². The highest BCUT2D eigenvalue weighted by Crippen LogP contribution is 2.35. The molecule has 3 aromatic rings. The number of likely N-dealkylation sites (tertiary alicyclic amines) is 1. The molecular weight excluding hydrogens is 492 g/mol. The minimum Gasteiger partial charge on any atom is -0.460 e. The lowest BCUT2D eigenvalue weighted by Gasteiger charge is -2.32. The van der Waals surface area contributed by atoms with E-state index in [-0.39, 0.29) is 29.4 Å². The third-order valence-corrected chi connectivity index (χ3v) is 6.99. The van der Waals surface area contributed by atoms with Crippen LogP contribution in [0.3, 0.4) is 0 Å². The van der Waals surface area contributed by atoms with E-state index in [4.69, 9.17) is 15.1 Å². The molecular formula is C31H32N4O4. The molecule has 0 saturated carbocycles. The van der Waals surface area contributed by atoms with E-state index < -0.39 is 5.60 Å². The molecule has 1 N–H and O–H groups in total. The predicted octanol–water partition coefficient (Wildman–Crippen LogP) is 5.20. The SMILES string of the molecule is CC(=O)N1/C(=C\c2ccc3cc(C(=O)N4CCC(C(=O)OC(C)(C)C)CC4)ccc3n2)C(=N)c2ccccc21. The first-order valence-electron chi connectivity index (χ1n) is 13.2. The molecule has 0 radical (unpaired) electrons. The molecule has 200 valence electrons. The number of anilines is 1. The molecule has 0 bridgehead atoms. The normalized spacial score (nSPS) is 17.0. The highest BCUT2D eigenvalue weighted by Gasteiger charge is 2.32. The monoisotopic (exact) mass is 524 g/mol. The van der Waals surface area contributed by atoms with Crippen molar-refractivity contribution in [2.45, 2.75) is 46.1 Å². The number of amides is 2. The number of fused-ring (bicyclic) bond motifs is 2. The lowest BCUT2D eigenvalue weighted by Crippen LogP contribution is -2.41. The van der Waals surface area contributed by atoms with E-state index >= 15 is 0 Å². The van der Waals surface area contributed by atoms with Gasteiger partial charge in [-0.3, -0.25) is 24.7 Å². The van der Waals surface area contributed by atoms with Crippen LogP contribution in [0.5, 0.6) is 0 Å². The number of benzene rings is 2. The summed E-state index contributed by atoms with van der Waals surface area (Å²) in [5.74, 6) is -0.620. The number of hydrogen-bond acceptors (Lipinski definition) is 6. The van der Waals surface area contributed by atoms with Crippen LogP contribution in [0.25, 0.3) is 17.0 Å². The van der Waals surface area contributed by atoms with Gasteiger partial charge in [-0.25, -0.2) is 4.98 Å². The molecule has 0 unspecified atom stereocenters. The summed E-state index contributed by atoms with van der Waals surface area (Å²) in [4.78, 5) is 46.1. The first-order chi connectivity index (χ1) is 18.5. The molecule has 2 aromatic carbocycles. The highest BCUT2D eigenvalue weighted by atomic mass is 16.6. The molecule has 2 amide bonds. The van der Waals surface area contributed by atoms with Crippen LogP contribution in [-0.2, 0) is 14.3 Å². The average Bonchev–Trinajstić information content (AvgIpc) is 3.18. The first-order valence-corrected chi connectivity index (χ1v) is 13.2. The lowest BCUT2D eigenvalue weighted by atomic mass is 9.96. The summed E-state index contributed by atoms with van der Waals surface area (Å²) >= 11 is 0. The van der Waals surface area contributed by atoms with Gasteiger partial charge in [0.1, 0.15) is 5.60 Å². The summed E-state index contributed by atoms with van der Waals surface area (Å²) in [5.41, 5.74) is 3.54. The molecule has 39 heavy (non-hydrogen) atoms. The maximum Gasteiger partial charge on any atom is 0.309 e. The number of allylic oxidation sites excluding steroid dienone is 1. The zero-order valence-electron chi connectivity index (χ0n) is 22.7. The minimum absolute atomic E-state index is 0.0694. The van der Waals surface area contributed by atoms with Crippen LogP contribution in [0.1, 0.15) is 62.2 Å². The van der Waals surface area contributed by atoms with Crippen LogP contribution in [-0.4, -0.2) is 52.1 Å². The van der Waals surface area contributed by atoms with Crippen molar-refractivity contribution in [2.24, 2.45) is 5.92 Å². The predicted molar refractivity (Wildman–Crippen MR) is 151 cm³/mol. The van der Waals surface area contributed by atoms with Crippen LogP contribution in [0.4, 0.5) is 5.69 Å². The van der Waals surface area contributed by atoms with Crippen LogP contribution >= 0.6 is 0 Å². The van der Waals surface area contributed by atoms with Gasteiger partial charge in [0.25, 0.3) is 5.91 Å². The Kier molecular flexibility index (Phi) is 6.80. The quantitative estimate of drug-likeness (QED) is 0.474. The highest BCUT2D eigenvalue weighted by molar-refractivity contribution is 6.27. The molecule has 1 aromatic heterocycles. The molecule has 1 fully saturated rings.